The monoisotopic (exact) mass is 312 g/mol. The number of nitrogens with one attached hydrogen (secondary N) is 1. The van der Waals surface area contributed by atoms with Gasteiger partial charge in [-0.25, -0.2) is 0 Å². The van der Waals surface area contributed by atoms with Gasteiger partial charge in [-0.15, -0.1) is 0 Å². The predicted molar refractivity (Wildman–Crippen MR) is 92.6 cm³/mol. The van der Waals surface area contributed by atoms with Crippen molar-refractivity contribution in [3.8, 4) is 5.75 Å². The number of amides is 1. The molecule has 0 aromatic heterocycles. The van der Waals surface area contributed by atoms with E-state index < -0.39 is 0 Å². The number of para-hydroxylation sites is 1. The third-order valence-corrected chi connectivity index (χ3v) is 3.66. The first-order valence-corrected chi connectivity index (χ1v) is 7.88. The second kappa shape index (κ2) is 8.34. The van der Waals surface area contributed by atoms with Crippen LogP contribution in [-0.2, 0) is 6.61 Å². The van der Waals surface area contributed by atoms with E-state index in [-0.39, 0.29) is 11.9 Å². The summed E-state index contributed by atoms with van der Waals surface area (Å²) in [4.78, 5) is 12.3. The molecule has 4 nitrogen and oxygen atoms in total. The third kappa shape index (κ3) is 5.11. The molecule has 122 valence electrons. The van der Waals surface area contributed by atoms with Gasteiger partial charge in [0.1, 0.15) is 12.4 Å². The maximum Gasteiger partial charge on any atom is 0.255 e. The van der Waals surface area contributed by atoms with Crippen molar-refractivity contribution in [3.05, 3.63) is 65.2 Å². The van der Waals surface area contributed by atoms with E-state index in [2.05, 4.69) is 5.32 Å². The minimum Gasteiger partial charge on any atom is -0.488 e. The van der Waals surface area contributed by atoms with Crippen LogP contribution in [0.25, 0.3) is 0 Å². The van der Waals surface area contributed by atoms with Crippen LogP contribution in [0, 0.1) is 6.92 Å². The molecule has 1 atom stereocenters. The van der Waals surface area contributed by atoms with Gasteiger partial charge in [-0.3, -0.25) is 4.79 Å². The molecule has 0 spiro atoms. The summed E-state index contributed by atoms with van der Waals surface area (Å²) < 4.78 is 5.87. The number of nitrogens with two attached hydrogens (primary N) is 1. The molecule has 0 saturated heterocycles. The molecule has 0 radical (unpaired) electrons. The lowest BCUT2D eigenvalue weighted by molar-refractivity contribution is 0.0948. The summed E-state index contributed by atoms with van der Waals surface area (Å²) in [5.74, 6) is 0.458. The van der Waals surface area contributed by atoms with Crippen LogP contribution in [-0.4, -0.2) is 18.5 Å². The van der Waals surface area contributed by atoms with Gasteiger partial charge in [0, 0.05) is 12.6 Å². The molecule has 2 aromatic carbocycles. The van der Waals surface area contributed by atoms with Crippen LogP contribution in [0.2, 0.25) is 0 Å². The van der Waals surface area contributed by atoms with Crippen LogP contribution >= 0.6 is 0 Å². The van der Waals surface area contributed by atoms with Gasteiger partial charge < -0.3 is 15.8 Å². The molecule has 2 aromatic rings. The lowest BCUT2D eigenvalue weighted by Crippen LogP contribution is -2.29. The van der Waals surface area contributed by atoms with Crippen molar-refractivity contribution in [2.45, 2.75) is 32.9 Å². The Kier molecular flexibility index (Phi) is 6.18. The van der Waals surface area contributed by atoms with Crippen LogP contribution in [0.3, 0.4) is 0 Å². The van der Waals surface area contributed by atoms with Crippen molar-refractivity contribution < 1.29 is 9.53 Å². The number of hydrogen-bond acceptors (Lipinski definition) is 3. The van der Waals surface area contributed by atoms with E-state index >= 15 is 0 Å². The van der Waals surface area contributed by atoms with E-state index in [0.717, 1.165) is 12.0 Å². The highest BCUT2D eigenvalue weighted by Gasteiger charge is 2.12. The Hall–Kier alpha value is -2.33. The summed E-state index contributed by atoms with van der Waals surface area (Å²) in [5, 5.41) is 2.88. The molecular formula is C19H24N2O2. The fraction of sp³-hybridized carbons (Fsp3) is 0.316. The summed E-state index contributed by atoms with van der Waals surface area (Å²) in [5.41, 5.74) is 8.53. The number of benzene rings is 2. The van der Waals surface area contributed by atoms with Crippen LogP contribution in [0.4, 0.5) is 0 Å². The minimum absolute atomic E-state index is 0.0721. The van der Waals surface area contributed by atoms with Crippen molar-refractivity contribution in [1.82, 2.24) is 5.32 Å². The highest BCUT2D eigenvalue weighted by atomic mass is 16.5. The van der Waals surface area contributed by atoms with Crippen molar-refractivity contribution >= 4 is 5.91 Å². The highest BCUT2D eigenvalue weighted by Crippen LogP contribution is 2.20. The van der Waals surface area contributed by atoms with Gasteiger partial charge in [0.25, 0.3) is 5.91 Å². The standard InChI is InChI=1S/C19H24N2O2/c1-14-7-3-4-8-16(14)13-23-18-10-6-5-9-17(18)19(22)21-12-11-15(2)20/h3-10,15H,11-13,20H2,1-2H3,(H,21,22). The summed E-state index contributed by atoms with van der Waals surface area (Å²) >= 11 is 0. The van der Waals surface area contributed by atoms with Crippen molar-refractivity contribution in [3.63, 3.8) is 0 Å². The Morgan fingerprint density at radius 2 is 1.87 bits per heavy atom. The topological polar surface area (TPSA) is 64.3 Å². The van der Waals surface area contributed by atoms with Crippen LogP contribution in [0.15, 0.2) is 48.5 Å². The molecule has 0 heterocycles. The molecule has 2 rings (SSSR count). The van der Waals surface area contributed by atoms with Gasteiger partial charge in [0.05, 0.1) is 5.56 Å². The largest absolute Gasteiger partial charge is 0.488 e. The first kappa shape index (κ1) is 17.0. The molecule has 0 fully saturated rings. The van der Waals surface area contributed by atoms with Crippen LogP contribution < -0.4 is 15.8 Å². The Morgan fingerprint density at radius 3 is 2.61 bits per heavy atom. The average Bonchev–Trinajstić information content (AvgIpc) is 2.54. The molecule has 0 aliphatic carbocycles. The first-order valence-electron chi connectivity index (χ1n) is 7.88. The zero-order valence-corrected chi connectivity index (χ0v) is 13.7. The Morgan fingerprint density at radius 1 is 1.17 bits per heavy atom. The van der Waals surface area contributed by atoms with Crippen LogP contribution in [0.5, 0.6) is 5.75 Å². The maximum absolute atomic E-state index is 12.3. The smallest absolute Gasteiger partial charge is 0.255 e. The van der Waals surface area contributed by atoms with Crippen molar-refractivity contribution in [2.24, 2.45) is 5.73 Å². The average molecular weight is 312 g/mol. The molecule has 1 amide bonds. The van der Waals surface area contributed by atoms with Crippen LogP contribution in [0.1, 0.15) is 34.8 Å². The Labute approximate surface area is 137 Å². The second-order valence-corrected chi connectivity index (χ2v) is 5.73. The molecule has 0 aliphatic rings. The Balaban J connectivity index is 2.02. The molecule has 1 unspecified atom stereocenters. The predicted octanol–water partition coefficient (Wildman–Crippen LogP) is 3.04. The molecule has 0 aliphatic heterocycles. The zero-order valence-electron chi connectivity index (χ0n) is 13.7. The SMILES string of the molecule is Cc1ccccc1COc1ccccc1C(=O)NCCC(C)N. The summed E-state index contributed by atoms with van der Waals surface area (Å²) in [6.45, 7) is 4.97. The zero-order chi connectivity index (χ0) is 16.7. The van der Waals surface area contributed by atoms with Crippen molar-refractivity contribution in [1.29, 1.82) is 0 Å². The summed E-state index contributed by atoms with van der Waals surface area (Å²) in [6.07, 6.45) is 0.748. The number of aryl methyl sites for hydroxylation is 1. The van der Waals surface area contributed by atoms with Gasteiger partial charge >= 0.3 is 0 Å². The van der Waals surface area contributed by atoms with Gasteiger partial charge in [0.2, 0.25) is 0 Å². The molecule has 4 heteroatoms. The van der Waals surface area contributed by atoms with E-state index in [1.807, 2.05) is 56.3 Å². The fourth-order valence-electron chi connectivity index (χ4n) is 2.22. The minimum atomic E-state index is -0.133. The first-order chi connectivity index (χ1) is 11.1. The number of hydrogen-bond donors (Lipinski definition) is 2. The van der Waals surface area contributed by atoms with E-state index in [0.29, 0.717) is 24.5 Å². The van der Waals surface area contributed by atoms with E-state index in [4.69, 9.17) is 10.5 Å². The lowest BCUT2D eigenvalue weighted by Gasteiger charge is -2.13. The number of carbonyl (C=O) groups is 1. The molecule has 0 bridgehead atoms. The third-order valence-electron chi connectivity index (χ3n) is 3.66. The Bertz CT molecular complexity index is 653. The van der Waals surface area contributed by atoms with Gasteiger partial charge in [-0.1, -0.05) is 36.4 Å². The number of ether oxygens (including phenoxy) is 1. The molecule has 3 N–H and O–H groups in total. The maximum atomic E-state index is 12.3. The summed E-state index contributed by atoms with van der Waals surface area (Å²) in [6, 6.07) is 15.4. The molecular weight excluding hydrogens is 288 g/mol. The summed E-state index contributed by atoms with van der Waals surface area (Å²) in [7, 11) is 0. The normalized spacial score (nSPS) is 11.8. The van der Waals surface area contributed by atoms with Gasteiger partial charge in [0.15, 0.2) is 0 Å². The lowest BCUT2D eigenvalue weighted by atomic mass is 10.1. The van der Waals surface area contributed by atoms with E-state index in [1.165, 1.54) is 5.56 Å². The number of rotatable bonds is 7. The molecule has 0 saturated carbocycles. The number of carbonyl (C=O) groups excluding carboxylic acids is 1. The second-order valence-electron chi connectivity index (χ2n) is 5.73. The van der Waals surface area contributed by atoms with E-state index in [1.54, 1.807) is 6.07 Å². The quantitative estimate of drug-likeness (QED) is 0.826. The molecule has 23 heavy (non-hydrogen) atoms. The van der Waals surface area contributed by atoms with Crippen molar-refractivity contribution in [2.75, 3.05) is 6.54 Å². The highest BCUT2D eigenvalue weighted by molar-refractivity contribution is 5.96. The van der Waals surface area contributed by atoms with Gasteiger partial charge in [-0.05, 0) is 43.5 Å². The van der Waals surface area contributed by atoms with Gasteiger partial charge in [-0.2, -0.15) is 0 Å². The van der Waals surface area contributed by atoms with E-state index in [9.17, 15) is 4.79 Å². The fourth-order valence-corrected chi connectivity index (χ4v) is 2.22.